The first-order chi connectivity index (χ1) is 16.5. The first kappa shape index (κ1) is 23.7. The van der Waals surface area contributed by atoms with Crippen LogP contribution < -0.4 is 16.4 Å². The molecule has 1 amide bonds. The van der Waals surface area contributed by atoms with E-state index < -0.39 is 0 Å². The van der Waals surface area contributed by atoms with Crippen molar-refractivity contribution in [2.75, 3.05) is 17.2 Å². The van der Waals surface area contributed by atoms with Gasteiger partial charge in [0.2, 0.25) is 0 Å². The number of aliphatic imine (C=N–C) groups is 1. The van der Waals surface area contributed by atoms with E-state index in [1.165, 1.54) is 5.56 Å². The van der Waals surface area contributed by atoms with Gasteiger partial charge in [-0.1, -0.05) is 32.8 Å². The number of carbonyl (C=O) groups excluding carboxylic acids is 2. The lowest BCUT2D eigenvalue weighted by atomic mass is 9.87. The fraction of sp³-hybridized carbons (Fsp3) is 0.393. The monoisotopic (exact) mass is 458 g/mol. The number of hydrogen-bond donors (Lipinski definition) is 3. The molecule has 178 valence electrons. The summed E-state index contributed by atoms with van der Waals surface area (Å²) >= 11 is 0. The molecule has 2 aromatic carbocycles. The van der Waals surface area contributed by atoms with Gasteiger partial charge in [0, 0.05) is 47.0 Å². The summed E-state index contributed by atoms with van der Waals surface area (Å²) in [7, 11) is 0. The maximum Gasteiger partial charge on any atom is 0.255 e. The van der Waals surface area contributed by atoms with Crippen molar-refractivity contribution in [2.45, 2.75) is 58.8 Å². The molecule has 34 heavy (non-hydrogen) atoms. The average Bonchev–Trinajstić information content (AvgIpc) is 3.00. The molecule has 4 N–H and O–H groups in total. The summed E-state index contributed by atoms with van der Waals surface area (Å²) in [5.41, 5.74) is 12.0. The summed E-state index contributed by atoms with van der Waals surface area (Å²) in [5.74, 6) is 0.381. The van der Waals surface area contributed by atoms with Gasteiger partial charge in [0.15, 0.2) is 5.78 Å². The van der Waals surface area contributed by atoms with Gasteiger partial charge in [0.25, 0.3) is 5.91 Å². The van der Waals surface area contributed by atoms with Crippen molar-refractivity contribution in [2.24, 2.45) is 16.6 Å². The van der Waals surface area contributed by atoms with E-state index in [4.69, 9.17) is 5.73 Å². The van der Waals surface area contributed by atoms with Crippen molar-refractivity contribution >= 4 is 40.7 Å². The number of rotatable bonds is 8. The van der Waals surface area contributed by atoms with Crippen LogP contribution in [0.5, 0.6) is 0 Å². The van der Waals surface area contributed by atoms with Gasteiger partial charge in [-0.2, -0.15) is 0 Å². The molecule has 2 heterocycles. The number of nitrogens with zero attached hydrogens (tertiary/aromatic N) is 1. The Kier molecular flexibility index (Phi) is 7.46. The van der Waals surface area contributed by atoms with Gasteiger partial charge in [-0.05, 0) is 67.7 Å². The molecule has 0 bridgehead atoms. The minimum absolute atomic E-state index is 0.0208. The third kappa shape index (κ3) is 5.38. The molecule has 0 aromatic heterocycles. The largest absolute Gasteiger partial charge is 0.387 e. The van der Waals surface area contributed by atoms with Crippen molar-refractivity contribution in [3.63, 3.8) is 0 Å². The van der Waals surface area contributed by atoms with Gasteiger partial charge in [-0.3, -0.25) is 9.59 Å². The number of anilines is 2. The minimum atomic E-state index is -0.198. The highest BCUT2D eigenvalue weighted by Gasteiger charge is 2.23. The molecule has 0 atom stereocenters. The number of nitrogens with one attached hydrogen (secondary N) is 2. The van der Waals surface area contributed by atoms with Crippen LogP contribution >= 0.6 is 0 Å². The van der Waals surface area contributed by atoms with Gasteiger partial charge in [-0.25, -0.2) is 4.99 Å². The highest BCUT2D eigenvalue weighted by molar-refractivity contribution is 6.09. The summed E-state index contributed by atoms with van der Waals surface area (Å²) in [6.45, 7) is 5.20. The second-order valence-electron chi connectivity index (χ2n) is 9.22. The van der Waals surface area contributed by atoms with Crippen molar-refractivity contribution in [3.8, 4) is 0 Å². The van der Waals surface area contributed by atoms with Crippen LogP contribution in [0.1, 0.15) is 73.9 Å². The van der Waals surface area contributed by atoms with E-state index in [2.05, 4.69) is 29.5 Å². The molecule has 2 aliphatic rings. The Balaban J connectivity index is 1.56. The number of benzene rings is 2. The molecule has 4 rings (SSSR count). The Morgan fingerprint density at radius 3 is 2.68 bits per heavy atom. The smallest absolute Gasteiger partial charge is 0.255 e. The normalized spacial score (nSPS) is 14.8. The molecular formula is C28H34N4O2. The van der Waals surface area contributed by atoms with E-state index >= 15 is 0 Å². The van der Waals surface area contributed by atoms with E-state index in [1.807, 2.05) is 30.3 Å². The summed E-state index contributed by atoms with van der Waals surface area (Å²) in [6, 6.07) is 11.3. The first-order valence-electron chi connectivity index (χ1n) is 12.4. The molecule has 0 spiro atoms. The molecule has 0 saturated heterocycles. The van der Waals surface area contributed by atoms with E-state index in [1.54, 1.807) is 12.1 Å². The summed E-state index contributed by atoms with van der Waals surface area (Å²) < 4.78 is 0. The van der Waals surface area contributed by atoms with Gasteiger partial charge >= 0.3 is 0 Å². The quantitative estimate of drug-likeness (QED) is 0.462. The summed E-state index contributed by atoms with van der Waals surface area (Å²) in [4.78, 5) is 30.7. The number of amides is 1. The maximum absolute atomic E-state index is 13.2. The van der Waals surface area contributed by atoms with Gasteiger partial charge in [0.1, 0.15) is 5.84 Å². The van der Waals surface area contributed by atoms with Crippen LogP contribution in [0.25, 0.3) is 6.08 Å². The van der Waals surface area contributed by atoms with Crippen LogP contribution in [0.4, 0.5) is 17.1 Å². The number of carbonyl (C=O) groups is 2. The molecular weight excluding hydrogens is 424 g/mol. The Hall–Kier alpha value is -3.41. The number of fused-ring (bicyclic) bond motifs is 2. The molecule has 2 aromatic rings. The van der Waals surface area contributed by atoms with Gasteiger partial charge in [0.05, 0.1) is 5.69 Å². The maximum atomic E-state index is 13.2. The van der Waals surface area contributed by atoms with Crippen LogP contribution in [0, 0.1) is 5.92 Å². The highest BCUT2D eigenvalue weighted by atomic mass is 16.1. The second-order valence-corrected chi connectivity index (χ2v) is 9.22. The van der Waals surface area contributed by atoms with E-state index in [0.29, 0.717) is 29.1 Å². The zero-order valence-corrected chi connectivity index (χ0v) is 20.1. The predicted octanol–water partition coefficient (Wildman–Crippen LogP) is 5.86. The lowest BCUT2D eigenvalue weighted by Gasteiger charge is -2.18. The molecule has 2 aliphatic heterocycles. The lowest BCUT2D eigenvalue weighted by molar-refractivity contribution is -0.119. The minimum Gasteiger partial charge on any atom is -0.387 e. The molecule has 6 heteroatoms. The van der Waals surface area contributed by atoms with Crippen molar-refractivity contribution < 1.29 is 9.59 Å². The number of nitrogens with two attached hydrogens (primary N) is 1. The van der Waals surface area contributed by atoms with Crippen LogP contribution in [-0.2, 0) is 11.2 Å². The Morgan fingerprint density at radius 2 is 1.91 bits per heavy atom. The van der Waals surface area contributed by atoms with Crippen LogP contribution in [0.3, 0.4) is 0 Å². The fourth-order valence-electron chi connectivity index (χ4n) is 4.81. The second kappa shape index (κ2) is 10.7. The van der Waals surface area contributed by atoms with Crippen molar-refractivity contribution in [3.05, 3.63) is 58.7 Å². The van der Waals surface area contributed by atoms with Gasteiger partial charge < -0.3 is 16.4 Å². The topological polar surface area (TPSA) is 96.6 Å². The fourth-order valence-corrected chi connectivity index (χ4v) is 4.81. The Morgan fingerprint density at radius 1 is 1.12 bits per heavy atom. The Bertz CT molecular complexity index is 1140. The molecule has 0 saturated carbocycles. The summed E-state index contributed by atoms with van der Waals surface area (Å²) in [5, 5.41) is 6.38. The number of hydrogen-bond acceptors (Lipinski definition) is 5. The van der Waals surface area contributed by atoms with E-state index in [-0.39, 0.29) is 17.6 Å². The zero-order valence-electron chi connectivity index (χ0n) is 20.1. The third-order valence-electron chi connectivity index (χ3n) is 6.52. The number of aryl methyl sites for hydroxylation is 1. The number of ketones is 1. The summed E-state index contributed by atoms with van der Waals surface area (Å²) in [6.07, 6.45) is 8.04. The lowest BCUT2D eigenvalue weighted by Crippen LogP contribution is -2.21. The predicted molar refractivity (Wildman–Crippen MR) is 140 cm³/mol. The molecule has 0 fully saturated rings. The molecule has 0 unspecified atom stereocenters. The van der Waals surface area contributed by atoms with Crippen LogP contribution in [-0.4, -0.2) is 24.1 Å². The highest BCUT2D eigenvalue weighted by Crippen LogP contribution is 2.31. The number of amidine groups is 1. The standard InChI is InChI=1S/C28H34N4O2/c1-3-6-18(7-4-2)27(33)22-14-20-9-10-21(16-25(20)32-26(29)17-22)28(34)31-23-11-12-24-19(15-23)8-5-13-30-24/h9-12,14-16,18,30H,3-8,13,17H2,1-2H3,(H2,29,32)(H,31,34). The van der Waals surface area contributed by atoms with Crippen molar-refractivity contribution in [1.82, 2.24) is 0 Å². The van der Waals surface area contributed by atoms with E-state index in [0.717, 1.165) is 62.0 Å². The van der Waals surface area contributed by atoms with Gasteiger partial charge in [-0.15, -0.1) is 0 Å². The third-order valence-corrected chi connectivity index (χ3v) is 6.52. The Labute approximate surface area is 201 Å². The SMILES string of the molecule is CCCC(CCC)C(=O)C1=Cc2ccc(C(=O)Nc3ccc4c(c3)CCCN4)cc2N=C(N)C1. The molecule has 6 nitrogen and oxygen atoms in total. The average molecular weight is 459 g/mol. The van der Waals surface area contributed by atoms with Crippen LogP contribution in [0.15, 0.2) is 47.0 Å². The van der Waals surface area contributed by atoms with E-state index in [9.17, 15) is 9.59 Å². The molecule has 0 aliphatic carbocycles. The molecule has 0 radical (unpaired) electrons. The zero-order chi connectivity index (χ0) is 24.1. The van der Waals surface area contributed by atoms with Crippen molar-refractivity contribution in [1.29, 1.82) is 0 Å². The first-order valence-corrected chi connectivity index (χ1v) is 12.4. The number of Topliss-reactive ketones (excluding diaryl/α,β-unsaturated/α-hetero) is 1. The van der Waals surface area contributed by atoms with Crippen LogP contribution in [0.2, 0.25) is 0 Å².